The SMILES string of the molecule is O=C(Nc1ccccc1C(=O)Nc1ccc(N2CCNC2=O)cc1)c1ccsc1. The molecule has 1 saturated heterocycles. The Morgan fingerprint density at radius 3 is 2.45 bits per heavy atom. The van der Waals surface area contributed by atoms with Gasteiger partial charge in [0.15, 0.2) is 0 Å². The predicted molar refractivity (Wildman–Crippen MR) is 114 cm³/mol. The van der Waals surface area contributed by atoms with Crippen LogP contribution in [0.2, 0.25) is 0 Å². The molecule has 1 aliphatic rings. The second kappa shape index (κ2) is 8.15. The zero-order valence-electron chi connectivity index (χ0n) is 15.3. The Kier molecular flexibility index (Phi) is 5.26. The van der Waals surface area contributed by atoms with E-state index in [4.69, 9.17) is 0 Å². The molecule has 1 aromatic heterocycles. The van der Waals surface area contributed by atoms with Crippen LogP contribution in [0.5, 0.6) is 0 Å². The number of nitrogens with zero attached hydrogens (tertiary/aromatic N) is 1. The minimum atomic E-state index is -0.335. The van der Waals surface area contributed by atoms with E-state index in [9.17, 15) is 14.4 Å². The summed E-state index contributed by atoms with van der Waals surface area (Å²) in [7, 11) is 0. The largest absolute Gasteiger partial charge is 0.336 e. The third-order valence-electron chi connectivity index (χ3n) is 4.50. The van der Waals surface area contributed by atoms with Gasteiger partial charge in [-0.05, 0) is 47.8 Å². The molecule has 0 bridgehead atoms. The smallest absolute Gasteiger partial charge is 0.321 e. The molecule has 4 rings (SSSR count). The molecule has 0 spiro atoms. The number of carbonyl (C=O) groups excluding carboxylic acids is 3. The molecule has 0 saturated carbocycles. The number of thiophene rings is 1. The number of hydrogen-bond donors (Lipinski definition) is 3. The lowest BCUT2D eigenvalue weighted by molar-refractivity contribution is 0.102. The molecule has 146 valence electrons. The lowest BCUT2D eigenvalue weighted by Crippen LogP contribution is -2.27. The second-order valence-corrected chi connectivity index (χ2v) is 7.18. The van der Waals surface area contributed by atoms with Gasteiger partial charge in [-0.1, -0.05) is 12.1 Å². The third-order valence-corrected chi connectivity index (χ3v) is 5.18. The maximum atomic E-state index is 12.8. The maximum absolute atomic E-state index is 12.8. The lowest BCUT2D eigenvalue weighted by atomic mass is 10.1. The number of nitrogens with one attached hydrogen (secondary N) is 3. The molecule has 0 unspecified atom stereocenters. The molecule has 1 aliphatic heterocycles. The van der Waals surface area contributed by atoms with Gasteiger partial charge in [0.1, 0.15) is 0 Å². The van der Waals surface area contributed by atoms with Gasteiger partial charge in [0.05, 0.1) is 16.8 Å². The number of rotatable bonds is 5. The van der Waals surface area contributed by atoms with Crippen LogP contribution in [0.25, 0.3) is 0 Å². The van der Waals surface area contributed by atoms with Gasteiger partial charge in [0.25, 0.3) is 11.8 Å². The van der Waals surface area contributed by atoms with Crippen molar-refractivity contribution in [1.82, 2.24) is 5.32 Å². The van der Waals surface area contributed by atoms with Crippen molar-refractivity contribution in [3.63, 3.8) is 0 Å². The molecule has 2 heterocycles. The topological polar surface area (TPSA) is 90.5 Å². The van der Waals surface area contributed by atoms with Crippen molar-refractivity contribution in [3.8, 4) is 0 Å². The summed E-state index contributed by atoms with van der Waals surface area (Å²) in [5, 5.41) is 11.9. The first-order valence-electron chi connectivity index (χ1n) is 9.01. The molecule has 8 heteroatoms. The fourth-order valence-electron chi connectivity index (χ4n) is 3.02. The van der Waals surface area contributed by atoms with Gasteiger partial charge in [-0.15, -0.1) is 0 Å². The molecule has 0 aliphatic carbocycles. The third kappa shape index (κ3) is 4.12. The standard InChI is InChI=1S/C21H18N4O3S/c26-19(14-9-12-29-13-14)24-18-4-2-1-3-17(18)20(27)23-15-5-7-16(8-6-15)25-11-10-22-21(25)28/h1-9,12-13H,10-11H2,(H,22,28)(H,23,27)(H,24,26). The molecule has 29 heavy (non-hydrogen) atoms. The zero-order chi connectivity index (χ0) is 20.2. The molecule has 7 nitrogen and oxygen atoms in total. The van der Waals surface area contributed by atoms with Crippen LogP contribution >= 0.6 is 11.3 Å². The van der Waals surface area contributed by atoms with Gasteiger partial charge >= 0.3 is 6.03 Å². The van der Waals surface area contributed by atoms with E-state index in [1.165, 1.54) is 11.3 Å². The first-order valence-corrected chi connectivity index (χ1v) is 9.95. The number of benzene rings is 2. The molecule has 0 radical (unpaired) electrons. The summed E-state index contributed by atoms with van der Waals surface area (Å²) in [6, 6.07) is 15.5. The van der Waals surface area contributed by atoms with Crippen LogP contribution < -0.4 is 20.9 Å². The average Bonchev–Trinajstić information content (AvgIpc) is 3.41. The molecule has 4 amide bonds. The Labute approximate surface area is 171 Å². The molecule has 3 aromatic rings. The summed E-state index contributed by atoms with van der Waals surface area (Å²) in [6.45, 7) is 1.23. The highest BCUT2D eigenvalue weighted by atomic mass is 32.1. The van der Waals surface area contributed by atoms with E-state index in [0.29, 0.717) is 35.6 Å². The summed E-state index contributed by atoms with van der Waals surface area (Å²) >= 11 is 1.43. The summed E-state index contributed by atoms with van der Waals surface area (Å²) in [4.78, 5) is 38.5. The van der Waals surface area contributed by atoms with E-state index >= 15 is 0 Å². The molecule has 1 fully saturated rings. The van der Waals surface area contributed by atoms with Gasteiger partial charge in [-0.2, -0.15) is 11.3 Å². The predicted octanol–water partition coefficient (Wildman–Crippen LogP) is 3.78. The van der Waals surface area contributed by atoms with Gasteiger partial charge < -0.3 is 16.0 Å². The zero-order valence-corrected chi connectivity index (χ0v) is 16.2. The number of hydrogen-bond acceptors (Lipinski definition) is 4. The van der Waals surface area contributed by atoms with E-state index in [0.717, 1.165) is 5.69 Å². The molecule has 3 N–H and O–H groups in total. The number of para-hydroxylation sites is 1. The first kappa shape index (κ1) is 18.7. The fraction of sp³-hybridized carbons (Fsp3) is 0.0952. The monoisotopic (exact) mass is 406 g/mol. The lowest BCUT2D eigenvalue weighted by Gasteiger charge is -2.15. The van der Waals surface area contributed by atoms with E-state index in [2.05, 4.69) is 16.0 Å². The highest BCUT2D eigenvalue weighted by Crippen LogP contribution is 2.22. The van der Waals surface area contributed by atoms with Crippen LogP contribution in [0.3, 0.4) is 0 Å². The van der Waals surface area contributed by atoms with E-state index in [1.54, 1.807) is 64.9 Å². The molecule has 0 atom stereocenters. The normalized spacial score (nSPS) is 13.1. The van der Waals surface area contributed by atoms with Gasteiger partial charge in [0, 0.05) is 29.8 Å². The Balaban J connectivity index is 1.47. The summed E-state index contributed by atoms with van der Waals surface area (Å²) < 4.78 is 0. The Morgan fingerprint density at radius 2 is 1.76 bits per heavy atom. The second-order valence-electron chi connectivity index (χ2n) is 6.40. The summed E-state index contributed by atoms with van der Waals surface area (Å²) in [6.07, 6.45) is 0. The highest BCUT2D eigenvalue weighted by Gasteiger charge is 2.21. The van der Waals surface area contributed by atoms with Gasteiger partial charge in [0.2, 0.25) is 0 Å². The van der Waals surface area contributed by atoms with Gasteiger partial charge in [-0.3, -0.25) is 14.5 Å². The van der Waals surface area contributed by atoms with Crippen LogP contribution in [0.15, 0.2) is 65.4 Å². The first-order chi connectivity index (χ1) is 14.1. The minimum Gasteiger partial charge on any atom is -0.336 e. The summed E-state index contributed by atoms with van der Waals surface area (Å²) in [5.74, 6) is -0.599. The summed E-state index contributed by atoms with van der Waals surface area (Å²) in [5.41, 5.74) is 2.70. The van der Waals surface area contributed by atoms with Crippen molar-refractivity contribution >= 4 is 46.2 Å². The number of anilines is 3. The Bertz CT molecular complexity index is 1050. The van der Waals surface area contributed by atoms with Crippen molar-refractivity contribution in [2.45, 2.75) is 0 Å². The fourth-order valence-corrected chi connectivity index (χ4v) is 3.66. The van der Waals surface area contributed by atoms with Crippen LogP contribution in [-0.4, -0.2) is 30.9 Å². The van der Waals surface area contributed by atoms with Crippen LogP contribution in [-0.2, 0) is 0 Å². The maximum Gasteiger partial charge on any atom is 0.321 e. The van der Waals surface area contributed by atoms with Crippen LogP contribution in [0, 0.1) is 0 Å². The van der Waals surface area contributed by atoms with Crippen molar-refractivity contribution in [2.24, 2.45) is 0 Å². The minimum absolute atomic E-state index is 0.128. The molecule has 2 aromatic carbocycles. The number of amides is 4. The highest BCUT2D eigenvalue weighted by molar-refractivity contribution is 7.08. The van der Waals surface area contributed by atoms with Crippen molar-refractivity contribution in [2.75, 3.05) is 28.6 Å². The van der Waals surface area contributed by atoms with Crippen molar-refractivity contribution < 1.29 is 14.4 Å². The van der Waals surface area contributed by atoms with E-state index in [-0.39, 0.29) is 17.8 Å². The number of urea groups is 1. The Hall–Kier alpha value is -3.65. The van der Waals surface area contributed by atoms with Crippen molar-refractivity contribution in [1.29, 1.82) is 0 Å². The van der Waals surface area contributed by atoms with Gasteiger partial charge in [-0.25, -0.2) is 4.79 Å². The van der Waals surface area contributed by atoms with E-state index in [1.807, 2.05) is 5.38 Å². The quantitative estimate of drug-likeness (QED) is 0.602. The Morgan fingerprint density at radius 1 is 0.966 bits per heavy atom. The number of carbonyl (C=O) groups is 3. The average molecular weight is 406 g/mol. The molecular formula is C21H18N4O3S. The van der Waals surface area contributed by atoms with Crippen LogP contribution in [0.1, 0.15) is 20.7 Å². The molecular weight excluding hydrogens is 388 g/mol. The van der Waals surface area contributed by atoms with Crippen molar-refractivity contribution in [3.05, 3.63) is 76.5 Å². The van der Waals surface area contributed by atoms with Crippen LogP contribution in [0.4, 0.5) is 21.9 Å². The van der Waals surface area contributed by atoms with E-state index < -0.39 is 0 Å².